The summed E-state index contributed by atoms with van der Waals surface area (Å²) in [4.78, 5) is 18.5. The third-order valence-electron chi connectivity index (χ3n) is 5.28. The van der Waals surface area contributed by atoms with E-state index in [-0.39, 0.29) is 5.91 Å². The SMILES string of the molecule is COc1ccc(OC)c(CN2CCN(CC3CC(=O)N(C)C3)CC2)c1. The minimum Gasteiger partial charge on any atom is -0.497 e. The minimum absolute atomic E-state index is 0.286. The van der Waals surface area contributed by atoms with Crippen LogP contribution in [0.2, 0.25) is 0 Å². The molecule has 138 valence electrons. The summed E-state index contributed by atoms with van der Waals surface area (Å²) in [6.45, 7) is 7.00. The lowest BCUT2D eigenvalue weighted by atomic mass is 10.1. The molecule has 0 radical (unpaired) electrons. The van der Waals surface area contributed by atoms with E-state index in [1.807, 2.05) is 24.1 Å². The van der Waals surface area contributed by atoms with Crippen LogP contribution in [0.15, 0.2) is 18.2 Å². The molecule has 2 fully saturated rings. The molecule has 1 atom stereocenters. The maximum Gasteiger partial charge on any atom is 0.222 e. The molecule has 2 aliphatic rings. The number of carbonyl (C=O) groups excluding carboxylic acids is 1. The molecule has 0 bridgehead atoms. The maximum atomic E-state index is 11.7. The largest absolute Gasteiger partial charge is 0.497 e. The molecule has 3 rings (SSSR count). The van der Waals surface area contributed by atoms with E-state index in [2.05, 4.69) is 15.9 Å². The number of carbonyl (C=O) groups is 1. The monoisotopic (exact) mass is 347 g/mol. The highest BCUT2D eigenvalue weighted by Gasteiger charge is 2.29. The van der Waals surface area contributed by atoms with Crippen LogP contribution in [0.1, 0.15) is 12.0 Å². The van der Waals surface area contributed by atoms with E-state index in [0.29, 0.717) is 12.3 Å². The summed E-state index contributed by atoms with van der Waals surface area (Å²) in [7, 11) is 5.31. The first-order valence-electron chi connectivity index (χ1n) is 8.98. The zero-order chi connectivity index (χ0) is 17.8. The Hall–Kier alpha value is -1.79. The van der Waals surface area contributed by atoms with Gasteiger partial charge in [-0.05, 0) is 24.1 Å². The van der Waals surface area contributed by atoms with Crippen molar-refractivity contribution in [1.82, 2.24) is 14.7 Å². The molecule has 1 aromatic rings. The Kier molecular flexibility index (Phi) is 5.81. The quantitative estimate of drug-likeness (QED) is 0.776. The van der Waals surface area contributed by atoms with Gasteiger partial charge in [-0.25, -0.2) is 0 Å². The van der Waals surface area contributed by atoms with E-state index in [4.69, 9.17) is 9.47 Å². The number of hydrogen-bond donors (Lipinski definition) is 0. The second-order valence-electron chi connectivity index (χ2n) is 7.10. The van der Waals surface area contributed by atoms with Crippen molar-refractivity contribution >= 4 is 5.91 Å². The van der Waals surface area contributed by atoms with Gasteiger partial charge in [0.1, 0.15) is 11.5 Å². The number of piperazine rings is 1. The van der Waals surface area contributed by atoms with Crippen LogP contribution < -0.4 is 9.47 Å². The summed E-state index contributed by atoms with van der Waals surface area (Å²) < 4.78 is 10.8. The van der Waals surface area contributed by atoms with Crippen LogP contribution in [0, 0.1) is 5.92 Å². The molecule has 1 amide bonds. The normalized spacial score (nSPS) is 22.4. The minimum atomic E-state index is 0.286. The summed E-state index contributed by atoms with van der Waals surface area (Å²) >= 11 is 0. The van der Waals surface area contributed by atoms with Crippen molar-refractivity contribution in [2.45, 2.75) is 13.0 Å². The van der Waals surface area contributed by atoms with Crippen molar-refractivity contribution in [3.63, 3.8) is 0 Å². The molecule has 0 saturated carbocycles. The number of amides is 1. The molecule has 25 heavy (non-hydrogen) atoms. The molecule has 1 aromatic carbocycles. The Labute approximate surface area is 150 Å². The van der Waals surface area contributed by atoms with Crippen molar-refractivity contribution in [1.29, 1.82) is 0 Å². The number of ether oxygens (including phenoxy) is 2. The van der Waals surface area contributed by atoms with Crippen molar-refractivity contribution in [3.8, 4) is 11.5 Å². The van der Waals surface area contributed by atoms with E-state index >= 15 is 0 Å². The molecule has 0 spiro atoms. The van der Waals surface area contributed by atoms with Gasteiger partial charge >= 0.3 is 0 Å². The zero-order valence-electron chi connectivity index (χ0n) is 15.5. The van der Waals surface area contributed by atoms with Gasteiger partial charge in [0.15, 0.2) is 0 Å². The van der Waals surface area contributed by atoms with E-state index in [9.17, 15) is 4.79 Å². The van der Waals surface area contributed by atoms with Crippen LogP contribution in [0.5, 0.6) is 11.5 Å². The van der Waals surface area contributed by atoms with Gasteiger partial charge in [0.25, 0.3) is 0 Å². The van der Waals surface area contributed by atoms with Crippen LogP contribution in [0.25, 0.3) is 0 Å². The van der Waals surface area contributed by atoms with Crippen LogP contribution in [-0.4, -0.2) is 81.1 Å². The van der Waals surface area contributed by atoms with E-state index in [1.165, 1.54) is 5.56 Å². The highest BCUT2D eigenvalue weighted by atomic mass is 16.5. The zero-order valence-corrected chi connectivity index (χ0v) is 15.5. The van der Waals surface area contributed by atoms with Crippen molar-refractivity contribution in [2.24, 2.45) is 5.92 Å². The Morgan fingerprint density at radius 1 is 1.08 bits per heavy atom. The third kappa shape index (κ3) is 4.44. The number of benzene rings is 1. The second kappa shape index (κ2) is 8.06. The lowest BCUT2D eigenvalue weighted by Crippen LogP contribution is -2.47. The van der Waals surface area contributed by atoms with E-state index in [1.54, 1.807) is 14.2 Å². The number of rotatable bonds is 6. The van der Waals surface area contributed by atoms with Gasteiger partial charge in [0.05, 0.1) is 14.2 Å². The van der Waals surface area contributed by atoms with Gasteiger partial charge in [-0.1, -0.05) is 0 Å². The van der Waals surface area contributed by atoms with Gasteiger partial charge in [0, 0.05) is 64.8 Å². The van der Waals surface area contributed by atoms with Gasteiger partial charge in [-0.2, -0.15) is 0 Å². The molecule has 2 aliphatic heterocycles. The molecule has 2 heterocycles. The molecular formula is C19H29N3O3. The van der Waals surface area contributed by atoms with Crippen molar-refractivity contribution < 1.29 is 14.3 Å². The first kappa shape index (κ1) is 18.0. The molecule has 6 heteroatoms. The van der Waals surface area contributed by atoms with Gasteiger partial charge in [-0.3, -0.25) is 9.69 Å². The first-order chi connectivity index (χ1) is 12.1. The Bertz CT molecular complexity index is 600. The fourth-order valence-corrected chi connectivity index (χ4v) is 3.82. The fourth-order valence-electron chi connectivity index (χ4n) is 3.82. The number of methoxy groups -OCH3 is 2. The van der Waals surface area contributed by atoms with Crippen LogP contribution in [-0.2, 0) is 11.3 Å². The summed E-state index contributed by atoms with van der Waals surface area (Å²) in [6, 6.07) is 5.96. The number of nitrogens with zero attached hydrogens (tertiary/aromatic N) is 3. The highest BCUT2D eigenvalue weighted by molar-refractivity contribution is 5.78. The Morgan fingerprint density at radius 2 is 1.80 bits per heavy atom. The standard InChI is InChI=1S/C19H29N3O3/c1-20-12-15(10-19(20)23)13-21-6-8-22(9-7-21)14-16-11-17(24-2)4-5-18(16)25-3/h4-5,11,15H,6-10,12-14H2,1-3H3. The predicted molar refractivity (Wildman–Crippen MR) is 97.0 cm³/mol. The fraction of sp³-hybridized carbons (Fsp3) is 0.632. The maximum absolute atomic E-state index is 11.7. The number of likely N-dealkylation sites (tertiary alicyclic amines) is 1. The van der Waals surface area contributed by atoms with Crippen LogP contribution >= 0.6 is 0 Å². The van der Waals surface area contributed by atoms with Crippen LogP contribution in [0.3, 0.4) is 0 Å². The van der Waals surface area contributed by atoms with E-state index < -0.39 is 0 Å². The highest BCUT2D eigenvalue weighted by Crippen LogP contribution is 2.26. The number of hydrogen-bond acceptors (Lipinski definition) is 5. The smallest absolute Gasteiger partial charge is 0.222 e. The van der Waals surface area contributed by atoms with E-state index in [0.717, 1.165) is 57.3 Å². The van der Waals surface area contributed by atoms with Crippen LogP contribution in [0.4, 0.5) is 0 Å². The van der Waals surface area contributed by atoms with Gasteiger partial charge in [0.2, 0.25) is 5.91 Å². The van der Waals surface area contributed by atoms with Crippen molar-refractivity contribution in [2.75, 3.05) is 60.5 Å². The second-order valence-corrected chi connectivity index (χ2v) is 7.10. The average molecular weight is 347 g/mol. The summed E-state index contributed by atoms with van der Waals surface area (Å²) in [5.74, 6) is 2.55. The Morgan fingerprint density at radius 3 is 2.40 bits per heavy atom. The molecule has 0 N–H and O–H groups in total. The average Bonchev–Trinajstić information content (AvgIpc) is 2.94. The third-order valence-corrected chi connectivity index (χ3v) is 5.28. The summed E-state index contributed by atoms with van der Waals surface area (Å²) in [5, 5.41) is 0. The lowest BCUT2D eigenvalue weighted by Gasteiger charge is -2.36. The predicted octanol–water partition coefficient (Wildman–Crippen LogP) is 1.30. The van der Waals surface area contributed by atoms with Gasteiger partial charge < -0.3 is 19.3 Å². The molecule has 6 nitrogen and oxygen atoms in total. The molecule has 1 unspecified atom stereocenters. The molecule has 2 saturated heterocycles. The van der Waals surface area contributed by atoms with Gasteiger partial charge in [-0.15, -0.1) is 0 Å². The summed E-state index contributed by atoms with van der Waals surface area (Å²) in [5.41, 5.74) is 1.17. The van der Waals surface area contributed by atoms with Crippen molar-refractivity contribution in [3.05, 3.63) is 23.8 Å². The lowest BCUT2D eigenvalue weighted by molar-refractivity contribution is -0.126. The molecule has 0 aromatic heterocycles. The molecular weight excluding hydrogens is 318 g/mol. The summed E-state index contributed by atoms with van der Waals surface area (Å²) in [6.07, 6.45) is 0.706. The topological polar surface area (TPSA) is 45.3 Å². The molecule has 0 aliphatic carbocycles. The Balaban J connectivity index is 1.50. The first-order valence-corrected chi connectivity index (χ1v) is 8.98.